The van der Waals surface area contributed by atoms with Gasteiger partial charge in [-0.25, -0.2) is 4.79 Å². The molecule has 0 N–H and O–H groups in total. The van der Waals surface area contributed by atoms with Crippen LogP contribution in [0.3, 0.4) is 0 Å². The van der Waals surface area contributed by atoms with Crippen LogP contribution < -0.4 is 0 Å². The van der Waals surface area contributed by atoms with Crippen molar-refractivity contribution in [3.8, 4) is 0 Å². The third-order valence-corrected chi connectivity index (χ3v) is 2.39. The zero-order chi connectivity index (χ0) is 11.3. The smallest absolute Gasteiger partial charge is 0.338 e. The van der Waals surface area contributed by atoms with E-state index >= 15 is 0 Å². The van der Waals surface area contributed by atoms with Crippen LogP contribution in [-0.2, 0) is 4.74 Å². The van der Waals surface area contributed by atoms with Crippen LogP contribution in [-0.4, -0.2) is 18.8 Å². The number of ether oxygens (including phenoxy) is 1. The van der Waals surface area contributed by atoms with Gasteiger partial charge in [0.25, 0.3) is 0 Å². The van der Waals surface area contributed by atoms with Gasteiger partial charge in [0.2, 0.25) is 0 Å². The number of thiol groups is 1. The van der Waals surface area contributed by atoms with Crippen molar-refractivity contribution in [2.75, 3.05) is 12.9 Å². The number of methoxy groups -OCH3 is 1. The van der Waals surface area contributed by atoms with E-state index in [2.05, 4.69) is 12.6 Å². The van der Waals surface area contributed by atoms with Gasteiger partial charge in [0.05, 0.1) is 12.7 Å². The van der Waals surface area contributed by atoms with Crippen molar-refractivity contribution in [2.45, 2.75) is 6.92 Å². The highest BCUT2D eigenvalue weighted by atomic mass is 32.1. The minimum absolute atomic E-state index is 0.298. The van der Waals surface area contributed by atoms with Gasteiger partial charge in [0, 0.05) is 5.75 Å². The highest BCUT2D eigenvalue weighted by Gasteiger charge is 2.09. The van der Waals surface area contributed by atoms with E-state index in [0.29, 0.717) is 11.3 Å². The van der Waals surface area contributed by atoms with Gasteiger partial charge >= 0.3 is 5.97 Å². The van der Waals surface area contributed by atoms with Gasteiger partial charge in [-0.15, -0.1) is 0 Å². The number of carbonyl (C=O) groups is 1. The summed E-state index contributed by atoms with van der Waals surface area (Å²) in [5.74, 6) is 0.385. The van der Waals surface area contributed by atoms with Crippen LogP contribution in [0, 0.1) is 6.92 Å². The molecule has 0 bridgehead atoms. The normalized spacial score (nSPS) is 10.6. The van der Waals surface area contributed by atoms with Gasteiger partial charge in [-0.2, -0.15) is 12.6 Å². The molecule has 0 heterocycles. The van der Waals surface area contributed by atoms with Gasteiger partial charge in [0.1, 0.15) is 0 Å². The molecule has 80 valence electrons. The van der Waals surface area contributed by atoms with E-state index in [1.807, 2.05) is 31.2 Å². The summed E-state index contributed by atoms with van der Waals surface area (Å²) in [6.45, 7) is 1.91. The van der Waals surface area contributed by atoms with E-state index in [-0.39, 0.29) is 5.97 Å². The topological polar surface area (TPSA) is 26.3 Å². The molecule has 1 aromatic carbocycles. The predicted molar refractivity (Wildman–Crippen MR) is 65.4 cm³/mol. The number of benzene rings is 1. The lowest BCUT2D eigenvalue weighted by atomic mass is 10.0. The molecule has 3 heteroatoms. The van der Waals surface area contributed by atoms with Crippen LogP contribution >= 0.6 is 12.6 Å². The molecule has 1 rings (SSSR count). The number of esters is 1. The Bertz CT molecular complexity index is 383. The van der Waals surface area contributed by atoms with Crippen LogP contribution in [0.1, 0.15) is 21.5 Å². The van der Waals surface area contributed by atoms with Gasteiger partial charge in [-0.1, -0.05) is 24.3 Å². The van der Waals surface area contributed by atoms with E-state index in [1.54, 1.807) is 6.07 Å². The third-order valence-electron chi connectivity index (χ3n) is 2.18. The Morgan fingerprint density at radius 2 is 2.27 bits per heavy atom. The maximum absolute atomic E-state index is 11.4. The fourth-order valence-corrected chi connectivity index (χ4v) is 1.45. The zero-order valence-corrected chi connectivity index (χ0v) is 9.75. The SMILES string of the molecule is COC(=O)c1cccc(C=CCS)c1C. The summed E-state index contributed by atoms with van der Waals surface area (Å²) in [5.41, 5.74) is 2.56. The average molecular weight is 222 g/mol. The molecule has 0 saturated carbocycles. The molecular weight excluding hydrogens is 208 g/mol. The first kappa shape index (κ1) is 11.9. The Kier molecular flexibility index (Phi) is 4.43. The molecule has 1 aromatic rings. The summed E-state index contributed by atoms with van der Waals surface area (Å²) in [5, 5.41) is 0. The summed E-state index contributed by atoms with van der Waals surface area (Å²) in [4.78, 5) is 11.4. The molecule has 0 aliphatic heterocycles. The van der Waals surface area contributed by atoms with E-state index in [4.69, 9.17) is 4.74 Å². The minimum Gasteiger partial charge on any atom is -0.465 e. The Balaban J connectivity index is 3.11. The maximum atomic E-state index is 11.4. The van der Waals surface area contributed by atoms with Gasteiger partial charge < -0.3 is 4.74 Å². The highest BCUT2D eigenvalue weighted by molar-refractivity contribution is 7.80. The van der Waals surface area contributed by atoms with E-state index in [9.17, 15) is 4.79 Å². The van der Waals surface area contributed by atoms with Crippen LogP contribution in [0.25, 0.3) is 6.08 Å². The van der Waals surface area contributed by atoms with Crippen LogP contribution in [0.5, 0.6) is 0 Å². The van der Waals surface area contributed by atoms with E-state index in [0.717, 1.165) is 11.1 Å². The van der Waals surface area contributed by atoms with Gasteiger partial charge in [0.15, 0.2) is 0 Å². The molecule has 0 unspecified atom stereocenters. The van der Waals surface area contributed by atoms with Gasteiger partial charge in [-0.3, -0.25) is 0 Å². The maximum Gasteiger partial charge on any atom is 0.338 e. The molecule has 0 aromatic heterocycles. The summed E-state index contributed by atoms with van der Waals surface area (Å²) in [7, 11) is 1.39. The first-order valence-electron chi connectivity index (χ1n) is 4.66. The lowest BCUT2D eigenvalue weighted by molar-refractivity contribution is 0.0600. The molecule has 0 aliphatic carbocycles. The first-order chi connectivity index (χ1) is 7.20. The lowest BCUT2D eigenvalue weighted by Gasteiger charge is -2.06. The second-order valence-corrected chi connectivity index (χ2v) is 3.46. The van der Waals surface area contributed by atoms with Crippen molar-refractivity contribution in [1.82, 2.24) is 0 Å². The lowest BCUT2D eigenvalue weighted by Crippen LogP contribution is -2.04. The molecular formula is C12H14O2S. The second kappa shape index (κ2) is 5.61. The number of rotatable bonds is 3. The highest BCUT2D eigenvalue weighted by Crippen LogP contribution is 2.16. The molecule has 15 heavy (non-hydrogen) atoms. The molecule has 0 aliphatic rings. The summed E-state index contributed by atoms with van der Waals surface area (Å²) in [6, 6.07) is 5.57. The first-order valence-corrected chi connectivity index (χ1v) is 5.29. The zero-order valence-electron chi connectivity index (χ0n) is 8.86. The fourth-order valence-electron chi connectivity index (χ4n) is 1.34. The third kappa shape index (κ3) is 2.86. The molecule has 0 fully saturated rings. The Morgan fingerprint density at radius 3 is 2.87 bits per heavy atom. The number of hydrogen-bond acceptors (Lipinski definition) is 3. The number of hydrogen-bond donors (Lipinski definition) is 1. The number of carbonyl (C=O) groups excluding carboxylic acids is 1. The molecule has 0 spiro atoms. The molecule has 2 nitrogen and oxygen atoms in total. The van der Waals surface area contributed by atoms with Crippen molar-refractivity contribution < 1.29 is 9.53 Å². The van der Waals surface area contributed by atoms with Crippen molar-refractivity contribution in [1.29, 1.82) is 0 Å². The summed E-state index contributed by atoms with van der Waals surface area (Å²) < 4.78 is 4.70. The van der Waals surface area contributed by atoms with Crippen LogP contribution in [0.2, 0.25) is 0 Å². The minimum atomic E-state index is -0.298. The fraction of sp³-hybridized carbons (Fsp3) is 0.250. The molecule has 0 atom stereocenters. The molecule has 0 amide bonds. The van der Waals surface area contributed by atoms with Crippen molar-refractivity contribution >= 4 is 24.7 Å². The average Bonchev–Trinajstić information content (AvgIpc) is 2.27. The predicted octanol–water partition coefficient (Wildman–Crippen LogP) is 2.72. The quantitative estimate of drug-likeness (QED) is 0.628. The van der Waals surface area contributed by atoms with Crippen molar-refractivity contribution in [3.05, 3.63) is 41.0 Å². The Labute approximate surface area is 95.4 Å². The Morgan fingerprint density at radius 1 is 1.53 bits per heavy atom. The summed E-state index contributed by atoms with van der Waals surface area (Å²) >= 11 is 4.09. The van der Waals surface area contributed by atoms with Crippen molar-refractivity contribution in [3.63, 3.8) is 0 Å². The molecule has 0 radical (unpaired) electrons. The Hall–Kier alpha value is -1.22. The van der Waals surface area contributed by atoms with Crippen molar-refractivity contribution in [2.24, 2.45) is 0 Å². The monoisotopic (exact) mass is 222 g/mol. The summed E-state index contributed by atoms with van der Waals surface area (Å²) in [6.07, 6.45) is 3.89. The van der Waals surface area contributed by atoms with Crippen LogP contribution in [0.15, 0.2) is 24.3 Å². The second-order valence-electron chi connectivity index (χ2n) is 3.10. The largest absolute Gasteiger partial charge is 0.465 e. The van der Waals surface area contributed by atoms with Crippen LogP contribution in [0.4, 0.5) is 0 Å². The molecule has 0 saturated heterocycles. The standard InChI is InChI=1S/C12H14O2S/c1-9-10(6-4-8-15)5-3-7-11(9)12(13)14-2/h3-7,15H,8H2,1-2H3. The van der Waals surface area contributed by atoms with Gasteiger partial charge in [-0.05, 0) is 24.1 Å². The van der Waals surface area contributed by atoms with E-state index < -0.39 is 0 Å². The van der Waals surface area contributed by atoms with E-state index in [1.165, 1.54) is 7.11 Å².